The topological polar surface area (TPSA) is 43.8 Å². The number of aryl methyl sites for hydroxylation is 1. The first-order valence-corrected chi connectivity index (χ1v) is 8.80. The number of hydrogen-bond acceptors (Lipinski definition) is 4. The SMILES string of the molecule is CN=C(NCc1sccc1C)N1CCN(c2ccccn2)CC1. The minimum absolute atomic E-state index is 0.844. The molecule has 2 aromatic heterocycles. The molecule has 0 spiro atoms. The quantitative estimate of drug-likeness (QED) is 0.693. The fraction of sp³-hybridized carbons (Fsp3) is 0.412. The minimum Gasteiger partial charge on any atom is -0.353 e. The Morgan fingerprint density at radius 2 is 2.09 bits per heavy atom. The molecule has 1 N–H and O–H groups in total. The predicted molar refractivity (Wildman–Crippen MR) is 97.3 cm³/mol. The molecular weight excluding hydrogens is 306 g/mol. The van der Waals surface area contributed by atoms with Gasteiger partial charge in [0.1, 0.15) is 5.82 Å². The maximum Gasteiger partial charge on any atom is 0.194 e. The van der Waals surface area contributed by atoms with Crippen LogP contribution in [-0.4, -0.2) is 49.1 Å². The molecule has 1 saturated heterocycles. The lowest BCUT2D eigenvalue weighted by Crippen LogP contribution is -2.52. The van der Waals surface area contributed by atoms with E-state index >= 15 is 0 Å². The maximum absolute atomic E-state index is 4.44. The third-order valence-electron chi connectivity index (χ3n) is 4.14. The molecule has 23 heavy (non-hydrogen) atoms. The number of nitrogens with one attached hydrogen (secondary N) is 1. The van der Waals surface area contributed by atoms with Crippen molar-refractivity contribution in [2.24, 2.45) is 4.99 Å². The molecule has 0 amide bonds. The Balaban J connectivity index is 1.54. The van der Waals surface area contributed by atoms with E-state index in [1.54, 1.807) is 11.3 Å². The van der Waals surface area contributed by atoms with E-state index in [2.05, 4.69) is 49.5 Å². The number of anilines is 1. The van der Waals surface area contributed by atoms with E-state index in [4.69, 9.17) is 0 Å². The Labute approximate surface area is 141 Å². The Kier molecular flexibility index (Phi) is 5.12. The second kappa shape index (κ2) is 7.46. The molecule has 2 aromatic rings. The molecule has 0 atom stereocenters. The van der Waals surface area contributed by atoms with Crippen molar-refractivity contribution in [3.63, 3.8) is 0 Å². The molecule has 0 aliphatic carbocycles. The van der Waals surface area contributed by atoms with Crippen LogP contribution in [0.25, 0.3) is 0 Å². The van der Waals surface area contributed by atoms with Gasteiger partial charge in [-0.15, -0.1) is 11.3 Å². The van der Waals surface area contributed by atoms with Gasteiger partial charge in [-0.2, -0.15) is 0 Å². The summed E-state index contributed by atoms with van der Waals surface area (Å²) in [6, 6.07) is 8.23. The van der Waals surface area contributed by atoms with Crippen LogP contribution in [0, 0.1) is 6.92 Å². The highest BCUT2D eigenvalue weighted by Gasteiger charge is 2.20. The number of guanidine groups is 1. The second-order valence-corrected chi connectivity index (χ2v) is 6.59. The molecule has 0 radical (unpaired) electrons. The first kappa shape index (κ1) is 15.8. The first-order chi connectivity index (χ1) is 11.3. The van der Waals surface area contributed by atoms with Crippen molar-refractivity contribution in [1.82, 2.24) is 15.2 Å². The van der Waals surface area contributed by atoms with Gasteiger partial charge in [-0.25, -0.2) is 4.98 Å². The van der Waals surface area contributed by atoms with E-state index in [9.17, 15) is 0 Å². The number of piperazine rings is 1. The molecule has 3 heterocycles. The summed E-state index contributed by atoms with van der Waals surface area (Å²) >= 11 is 1.79. The molecule has 0 bridgehead atoms. The van der Waals surface area contributed by atoms with Gasteiger partial charge >= 0.3 is 0 Å². The highest BCUT2D eigenvalue weighted by Crippen LogP contribution is 2.16. The maximum atomic E-state index is 4.44. The molecule has 1 fully saturated rings. The van der Waals surface area contributed by atoms with E-state index in [-0.39, 0.29) is 0 Å². The zero-order valence-corrected chi connectivity index (χ0v) is 14.5. The van der Waals surface area contributed by atoms with Crippen molar-refractivity contribution in [3.8, 4) is 0 Å². The zero-order valence-electron chi connectivity index (χ0n) is 13.7. The molecule has 1 aliphatic heterocycles. The van der Waals surface area contributed by atoms with Gasteiger partial charge in [0.05, 0.1) is 6.54 Å². The van der Waals surface area contributed by atoms with E-state index in [1.807, 2.05) is 25.4 Å². The summed E-state index contributed by atoms with van der Waals surface area (Å²) < 4.78 is 0. The van der Waals surface area contributed by atoms with Crippen LogP contribution in [0.2, 0.25) is 0 Å². The van der Waals surface area contributed by atoms with Crippen molar-refractivity contribution in [2.45, 2.75) is 13.5 Å². The fourth-order valence-corrected chi connectivity index (χ4v) is 3.61. The van der Waals surface area contributed by atoms with Crippen LogP contribution < -0.4 is 10.2 Å². The smallest absolute Gasteiger partial charge is 0.194 e. The molecule has 122 valence electrons. The van der Waals surface area contributed by atoms with Crippen molar-refractivity contribution in [3.05, 3.63) is 46.3 Å². The van der Waals surface area contributed by atoms with Crippen LogP contribution >= 0.6 is 11.3 Å². The lowest BCUT2D eigenvalue weighted by molar-refractivity contribution is 0.371. The van der Waals surface area contributed by atoms with Gasteiger partial charge in [-0.3, -0.25) is 4.99 Å². The number of aromatic nitrogens is 1. The predicted octanol–water partition coefficient (Wildman–Crippen LogP) is 2.35. The summed E-state index contributed by atoms with van der Waals surface area (Å²) in [5.41, 5.74) is 1.35. The minimum atomic E-state index is 0.844. The fourth-order valence-electron chi connectivity index (χ4n) is 2.76. The summed E-state index contributed by atoms with van der Waals surface area (Å²) in [6.07, 6.45) is 1.85. The molecule has 0 unspecified atom stereocenters. The first-order valence-electron chi connectivity index (χ1n) is 7.92. The average molecular weight is 329 g/mol. The molecule has 0 saturated carbocycles. The van der Waals surface area contributed by atoms with Crippen LogP contribution in [0.1, 0.15) is 10.4 Å². The van der Waals surface area contributed by atoms with Gasteiger partial charge in [0.2, 0.25) is 0 Å². The Hall–Kier alpha value is -2.08. The average Bonchev–Trinajstić information content (AvgIpc) is 3.02. The van der Waals surface area contributed by atoms with E-state index in [0.717, 1.165) is 44.5 Å². The monoisotopic (exact) mass is 329 g/mol. The molecule has 0 aromatic carbocycles. The zero-order chi connectivity index (χ0) is 16.1. The number of thiophene rings is 1. The van der Waals surface area contributed by atoms with Crippen LogP contribution in [0.4, 0.5) is 5.82 Å². The van der Waals surface area contributed by atoms with E-state index in [0.29, 0.717) is 0 Å². The van der Waals surface area contributed by atoms with Gasteiger partial charge in [-0.1, -0.05) is 6.07 Å². The molecule has 6 heteroatoms. The van der Waals surface area contributed by atoms with Crippen molar-refractivity contribution >= 4 is 23.1 Å². The van der Waals surface area contributed by atoms with Crippen molar-refractivity contribution < 1.29 is 0 Å². The number of hydrogen-bond donors (Lipinski definition) is 1. The van der Waals surface area contributed by atoms with Gasteiger partial charge in [0.15, 0.2) is 5.96 Å². The van der Waals surface area contributed by atoms with Gasteiger partial charge in [0, 0.05) is 44.3 Å². The Morgan fingerprint density at radius 3 is 2.70 bits per heavy atom. The lowest BCUT2D eigenvalue weighted by atomic mass is 10.3. The standard InChI is InChI=1S/C17H23N5S/c1-14-6-12-23-15(14)13-20-17(18-2)22-10-8-21(9-11-22)16-5-3-4-7-19-16/h3-7,12H,8-11,13H2,1-2H3,(H,18,20). The summed E-state index contributed by atoms with van der Waals surface area (Å²) in [7, 11) is 1.86. The lowest BCUT2D eigenvalue weighted by Gasteiger charge is -2.37. The van der Waals surface area contributed by atoms with Crippen molar-refractivity contribution in [1.29, 1.82) is 0 Å². The van der Waals surface area contributed by atoms with Gasteiger partial charge in [-0.05, 0) is 36.1 Å². The molecule has 5 nitrogen and oxygen atoms in total. The van der Waals surface area contributed by atoms with Crippen LogP contribution in [0.5, 0.6) is 0 Å². The largest absolute Gasteiger partial charge is 0.353 e. The number of rotatable bonds is 3. The summed E-state index contributed by atoms with van der Waals surface area (Å²) in [4.78, 5) is 14.9. The second-order valence-electron chi connectivity index (χ2n) is 5.59. The summed E-state index contributed by atoms with van der Waals surface area (Å²) in [5.74, 6) is 2.04. The Morgan fingerprint density at radius 1 is 1.26 bits per heavy atom. The highest BCUT2D eigenvalue weighted by atomic mass is 32.1. The van der Waals surface area contributed by atoms with Crippen molar-refractivity contribution in [2.75, 3.05) is 38.1 Å². The van der Waals surface area contributed by atoms with Crippen LogP contribution in [-0.2, 0) is 6.54 Å². The normalized spacial score (nSPS) is 15.8. The van der Waals surface area contributed by atoms with E-state index in [1.165, 1.54) is 10.4 Å². The van der Waals surface area contributed by atoms with E-state index < -0.39 is 0 Å². The summed E-state index contributed by atoms with van der Waals surface area (Å²) in [6.45, 7) is 6.85. The van der Waals surface area contributed by atoms with Gasteiger partial charge in [0.25, 0.3) is 0 Å². The summed E-state index contributed by atoms with van der Waals surface area (Å²) in [5, 5.41) is 5.63. The molecule has 3 rings (SSSR count). The van der Waals surface area contributed by atoms with Crippen LogP contribution in [0.15, 0.2) is 40.8 Å². The third kappa shape index (κ3) is 3.82. The van der Waals surface area contributed by atoms with Gasteiger partial charge < -0.3 is 15.1 Å². The number of aliphatic imine (C=N–C) groups is 1. The number of pyridine rings is 1. The van der Waals surface area contributed by atoms with Crippen LogP contribution in [0.3, 0.4) is 0 Å². The number of nitrogens with zero attached hydrogens (tertiary/aromatic N) is 4. The molecular formula is C17H23N5S. The Bertz CT molecular complexity index is 644. The molecule has 1 aliphatic rings. The third-order valence-corrected chi connectivity index (χ3v) is 5.16. The highest BCUT2D eigenvalue weighted by molar-refractivity contribution is 7.10.